The number of esters is 2. The van der Waals surface area contributed by atoms with Crippen molar-refractivity contribution in [3.05, 3.63) is 97.2 Å². The Bertz CT molecular complexity index is 1150. The molecule has 0 saturated carbocycles. The van der Waals surface area contributed by atoms with E-state index < -0.39 is 6.10 Å². The fourth-order valence-corrected chi connectivity index (χ4v) is 6.47. The van der Waals surface area contributed by atoms with Gasteiger partial charge in [-0.2, -0.15) is 0 Å². The third kappa shape index (κ3) is 47.4. The molecule has 0 spiro atoms. The normalized spacial score (nSPS) is 13.1. The second-order valence-electron chi connectivity index (χ2n) is 15.8. The maximum Gasteiger partial charge on any atom is 0.306 e. The third-order valence-corrected chi connectivity index (χ3v) is 10.1. The molecule has 5 nitrogen and oxygen atoms in total. The monoisotopic (exact) mass is 819 g/mol. The summed E-state index contributed by atoms with van der Waals surface area (Å²) in [6, 6.07) is 0. The number of allylic oxidation sites excluding steroid dienone is 16. The summed E-state index contributed by atoms with van der Waals surface area (Å²) in [7, 11) is 0. The van der Waals surface area contributed by atoms with Gasteiger partial charge in [0.1, 0.15) is 6.61 Å². The van der Waals surface area contributed by atoms with Crippen LogP contribution in [0.15, 0.2) is 97.2 Å². The van der Waals surface area contributed by atoms with Crippen LogP contribution < -0.4 is 0 Å². The number of aliphatic hydroxyl groups is 1. The molecule has 0 rings (SSSR count). The van der Waals surface area contributed by atoms with Gasteiger partial charge in [-0.25, -0.2) is 0 Å². The van der Waals surface area contributed by atoms with E-state index in [1.54, 1.807) is 0 Å². The van der Waals surface area contributed by atoms with Gasteiger partial charge in [0.25, 0.3) is 0 Å². The largest absolute Gasteiger partial charge is 0.462 e. The first kappa shape index (κ1) is 55.8. The van der Waals surface area contributed by atoms with Crippen LogP contribution in [0.1, 0.15) is 213 Å². The highest BCUT2D eigenvalue weighted by atomic mass is 16.6. The quantitative estimate of drug-likeness (QED) is 0.0377. The lowest BCUT2D eigenvalue weighted by molar-refractivity contribution is -0.161. The molecule has 0 fully saturated rings. The van der Waals surface area contributed by atoms with Crippen molar-refractivity contribution in [2.45, 2.75) is 219 Å². The van der Waals surface area contributed by atoms with Gasteiger partial charge in [-0.05, 0) is 96.3 Å². The van der Waals surface area contributed by atoms with Gasteiger partial charge >= 0.3 is 11.9 Å². The first-order valence-corrected chi connectivity index (χ1v) is 24.3. The van der Waals surface area contributed by atoms with Crippen molar-refractivity contribution >= 4 is 11.9 Å². The molecular formula is C54H90O5. The number of unbranched alkanes of at least 4 members (excludes halogenated alkanes) is 19. The van der Waals surface area contributed by atoms with Crippen molar-refractivity contribution in [2.75, 3.05) is 13.2 Å². The minimum atomic E-state index is -0.786. The van der Waals surface area contributed by atoms with Crippen molar-refractivity contribution in [3.63, 3.8) is 0 Å². The Balaban J connectivity index is 3.58. The smallest absolute Gasteiger partial charge is 0.306 e. The Hall–Kier alpha value is -3.18. The minimum absolute atomic E-state index is 0.0794. The molecule has 0 radical (unpaired) electrons. The fraction of sp³-hybridized carbons (Fsp3) is 0.667. The van der Waals surface area contributed by atoms with Crippen molar-refractivity contribution < 1.29 is 24.2 Å². The molecule has 0 aromatic rings. The van der Waals surface area contributed by atoms with Gasteiger partial charge in [-0.1, -0.05) is 201 Å². The fourth-order valence-electron chi connectivity index (χ4n) is 6.47. The van der Waals surface area contributed by atoms with Crippen molar-refractivity contribution in [2.24, 2.45) is 0 Å². The van der Waals surface area contributed by atoms with Crippen LogP contribution >= 0.6 is 0 Å². The average Bonchev–Trinajstić information content (AvgIpc) is 3.24. The summed E-state index contributed by atoms with van der Waals surface area (Å²) in [6.45, 7) is 3.99. The molecule has 0 aliphatic heterocycles. The lowest BCUT2D eigenvalue weighted by atomic mass is 10.0. The molecule has 336 valence electrons. The highest BCUT2D eigenvalue weighted by molar-refractivity contribution is 5.70. The summed E-state index contributed by atoms with van der Waals surface area (Å²) in [6.07, 6.45) is 69.1. The predicted octanol–water partition coefficient (Wildman–Crippen LogP) is 16.0. The average molecular weight is 819 g/mol. The van der Waals surface area contributed by atoms with E-state index in [4.69, 9.17) is 9.47 Å². The number of hydrogen-bond acceptors (Lipinski definition) is 5. The molecule has 1 N–H and O–H groups in total. The summed E-state index contributed by atoms with van der Waals surface area (Å²) >= 11 is 0. The molecule has 0 bridgehead atoms. The summed E-state index contributed by atoms with van der Waals surface area (Å²) in [5.41, 5.74) is 0. The van der Waals surface area contributed by atoms with E-state index in [1.165, 1.54) is 96.3 Å². The molecule has 0 aliphatic rings. The van der Waals surface area contributed by atoms with Crippen LogP contribution in [0.25, 0.3) is 0 Å². The number of carbonyl (C=O) groups is 2. The zero-order chi connectivity index (χ0) is 42.8. The minimum Gasteiger partial charge on any atom is -0.462 e. The lowest BCUT2D eigenvalue weighted by Gasteiger charge is -2.15. The Morgan fingerprint density at radius 3 is 1.10 bits per heavy atom. The zero-order valence-corrected chi connectivity index (χ0v) is 38.2. The first-order chi connectivity index (χ1) is 29.1. The van der Waals surface area contributed by atoms with E-state index in [2.05, 4.69) is 111 Å². The highest BCUT2D eigenvalue weighted by Gasteiger charge is 2.16. The molecule has 59 heavy (non-hydrogen) atoms. The zero-order valence-electron chi connectivity index (χ0n) is 38.2. The van der Waals surface area contributed by atoms with Crippen LogP contribution in [-0.4, -0.2) is 36.4 Å². The highest BCUT2D eigenvalue weighted by Crippen LogP contribution is 2.14. The maximum absolute atomic E-state index is 12.3. The van der Waals surface area contributed by atoms with Gasteiger partial charge < -0.3 is 14.6 Å². The van der Waals surface area contributed by atoms with E-state index in [0.717, 1.165) is 89.9 Å². The van der Waals surface area contributed by atoms with Gasteiger partial charge in [-0.3, -0.25) is 9.59 Å². The van der Waals surface area contributed by atoms with Crippen LogP contribution in [-0.2, 0) is 19.1 Å². The van der Waals surface area contributed by atoms with Crippen LogP contribution in [0.2, 0.25) is 0 Å². The number of hydrogen-bond donors (Lipinski definition) is 1. The number of carbonyl (C=O) groups excluding carboxylic acids is 2. The SMILES string of the molecule is CC/C=C\C/C=C\C/C=C\C/C=C\C/C=C\C/C=C\CCCCCCCCCCCCC(=O)OC(CO)COC(=O)CCCCCCC/C=C\C/C=C\CCCCCC. The number of aliphatic hydroxyl groups excluding tert-OH is 1. The summed E-state index contributed by atoms with van der Waals surface area (Å²) in [5.74, 6) is -0.616. The Labute approximate surface area is 364 Å². The molecule has 0 amide bonds. The Morgan fingerprint density at radius 1 is 0.407 bits per heavy atom. The van der Waals surface area contributed by atoms with Crippen molar-refractivity contribution in [3.8, 4) is 0 Å². The second kappa shape index (κ2) is 49.2. The molecule has 0 aromatic heterocycles. The Kier molecular flexibility index (Phi) is 46.5. The van der Waals surface area contributed by atoms with E-state index in [0.29, 0.717) is 12.8 Å². The molecule has 0 aromatic carbocycles. The molecule has 1 unspecified atom stereocenters. The first-order valence-electron chi connectivity index (χ1n) is 24.3. The molecule has 5 heteroatoms. The molecule has 0 aliphatic carbocycles. The topological polar surface area (TPSA) is 72.8 Å². The van der Waals surface area contributed by atoms with Crippen LogP contribution in [0.3, 0.4) is 0 Å². The molecule has 0 saturated heterocycles. The van der Waals surface area contributed by atoms with E-state index in [9.17, 15) is 14.7 Å². The van der Waals surface area contributed by atoms with Crippen molar-refractivity contribution in [1.29, 1.82) is 0 Å². The van der Waals surface area contributed by atoms with E-state index in [-0.39, 0.29) is 25.2 Å². The van der Waals surface area contributed by atoms with E-state index in [1.807, 2.05) is 0 Å². The van der Waals surface area contributed by atoms with Crippen LogP contribution in [0, 0.1) is 0 Å². The van der Waals surface area contributed by atoms with Gasteiger partial charge in [0, 0.05) is 12.8 Å². The summed E-state index contributed by atoms with van der Waals surface area (Å²) in [4.78, 5) is 24.4. The second-order valence-corrected chi connectivity index (χ2v) is 15.8. The number of ether oxygens (including phenoxy) is 2. The third-order valence-electron chi connectivity index (χ3n) is 10.1. The van der Waals surface area contributed by atoms with Crippen LogP contribution in [0.4, 0.5) is 0 Å². The van der Waals surface area contributed by atoms with Gasteiger partial charge in [0.2, 0.25) is 0 Å². The summed E-state index contributed by atoms with van der Waals surface area (Å²) in [5, 5.41) is 9.61. The van der Waals surface area contributed by atoms with Crippen molar-refractivity contribution in [1.82, 2.24) is 0 Å². The van der Waals surface area contributed by atoms with E-state index >= 15 is 0 Å². The van der Waals surface area contributed by atoms with Crippen LogP contribution in [0.5, 0.6) is 0 Å². The maximum atomic E-state index is 12.3. The summed E-state index contributed by atoms with van der Waals surface area (Å²) < 4.78 is 10.6. The standard InChI is InChI=1S/C54H90O5/c1-3-5-7-9-11-13-15-17-19-21-22-23-24-25-26-27-28-29-30-31-32-33-35-37-39-41-43-45-47-49-54(57)59-52(50-55)51-58-53(56)48-46-44-42-40-38-36-34-20-18-16-14-12-10-8-6-4-2/h5,7,11,13-14,16-17,19-20,22-23,25-26,28-29,34,52,55H,3-4,6,8-10,12,15,18,21,24,27,30-33,35-51H2,1-2H3/b7-5-,13-11-,16-14-,19-17-,23-22-,26-25-,29-28-,34-20-. The molecule has 0 heterocycles. The van der Waals surface area contributed by atoms with Gasteiger partial charge in [0.05, 0.1) is 6.61 Å². The predicted molar refractivity (Wildman–Crippen MR) is 256 cm³/mol. The lowest BCUT2D eigenvalue weighted by Crippen LogP contribution is -2.28. The van der Waals surface area contributed by atoms with Gasteiger partial charge in [0.15, 0.2) is 6.10 Å². The molecular weight excluding hydrogens is 729 g/mol. The molecule has 1 atom stereocenters. The Morgan fingerprint density at radius 2 is 0.729 bits per heavy atom. The number of rotatable bonds is 43. The van der Waals surface area contributed by atoms with Gasteiger partial charge in [-0.15, -0.1) is 0 Å².